The molecule has 1 aromatic carbocycles. The Balaban J connectivity index is 2.18. The zero-order valence-electron chi connectivity index (χ0n) is 11.8. The fourth-order valence-corrected chi connectivity index (χ4v) is 3.23. The van der Waals surface area contributed by atoms with Gasteiger partial charge in [-0.15, -0.1) is 0 Å². The van der Waals surface area contributed by atoms with E-state index in [-0.39, 0.29) is 17.3 Å². The minimum Gasteiger partial charge on any atom is -0.476 e. The van der Waals surface area contributed by atoms with Crippen LogP contribution in [0.15, 0.2) is 28.7 Å². The van der Waals surface area contributed by atoms with Gasteiger partial charge in [0.1, 0.15) is 17.3 Å². The van der Waals surface area contributed by atoms with E-state index < -0.39 is 5.97 Å². The maximum atomic E-state index is 11.6. The predicted octanol–water partition coefficient (Wildman–Crippen LogP) is 4.00. The Morgan fingerprint density at radius 3 is 2.50 bits per heavy atom. The van der Waals surface area contributed by atoms with Crippen LogP contribution >= 0.6 is 15.9 Å². The summed E-state index contributed by atoms with van der Waals surface area (Å²) in [7, 11) is 0. The molecule has 0 saturated heterocycles. The van der Waals surface area contributed by atoms with Gasteiger partial charge in [0.15, 0.2) is 5.69 Å². The van der Waals surface area contributed by atoms with E-state index in [2.05, 4.69) is 21.0 Å². The summed E-state index contributed by atoms with van der Waals surface area (Å²) in [6.07, 6.45) is 3.96. The third kappa shape index (κ3) is 2.53. The molecule has 1 aliphatic carbocycles. The summed E-state index contributed by atoms with van der Waals surface area (Å²) in [6.45, 7) is 0. The molecule has 3 rings (SSSR count). The molecule has 22 heavy (non-hydrogen) atoms. The van der Waals surface area contributed by atoms with E-state index in [0.717, 1.165) is 35.7 Å². The second-order valence-corrected chi connectivity index (χ2v) is 6.29. The first kappa shape index (κ1) is 14.8. The lowest BCUT2D eigenvalue weighted by Gasteiger charge is -2.11. The molecule has 0 bridgehead atoms. The number of nitriles is 1. The van der Waals surface area contributed by atoms with Crippen molar-refractivity contribution in [3.8, 4) is 17.3 Å². The highest BCUT2D eigenvalue weighted by molar-refractivity contribution is 9.10. The molecule has 1 fully saturated rings. The highest BCUT2D eigenvalue weighted by atomic mass is 79.9. The van der Waals surface area contributed by atoms with Gasteiger partial charge in [-0.1, -0.05) is 40.9 Å². The van der Waals surface area contributed by atoms with Crippen LogP contribution in [0.1, 0.15) is 47.8 Å². The minimum absolute atomic E-state index is 0.00678. The van der Waals surface area contributed by atoms with Gasteiger partial charge in [-0.05, 0) is 25.0 Å². The highest BCUT2D eigenvalue weighted by Gasteiger charge is 2.29. The van der Waals surface area contributed by atoms with Crippen molar-refractivity contribution in [2.45, 2.75) is 31.7 Å². The molecule has 1 heterocycles. The number of nitrogens with zero attached hydrogens (tertiary/aromatic N) is 3. The van der Waals surface area contributed by atoms with Crippen molar-refractivity contribution in [3.63, 3.8) is 0 Å². The van der Waals surface area contributed by atoms with Gasteiger partial charge in [-0.3, -0.25) is 4.68 Å². The van der Waals surface area contributed by atoms with E-state index in [1.165, 1.54) is 0 Å². The summed E-state index contributed by atoms with van der Waals surface area (Å²) < 4.78 is 2.47. The molecule has 0 atom stereocenters. The average molecular weight is 360 g/mol. The first-order valence-electron chi connectivity index (χ1n) is 7.13. The number of hydrogen-bond acceptors (Lipinski definition) is 3. The van der Waals surface area contributed by atoms with Crippen molar-refractivity contribution in [2.24, 2.45) is 0 Å². The fraction of sp³-hybridized carbons (Fsp3) is 0.312. The lowest BCUT2D eigenvalue weighted by Crippen LogP contribution is -2.15. The first-order chi connectivity index (χ1) is 10.6. The van der Waals surface area contributed by atoms with Crippen LogP contribution < -0.4 is 0 Å². The van der Waals surface area contributed by atoms with Crippen LogP contribution in [0.2, 0.25) is 0 Å². The Labute approximate surface area is 136 Å². The van der Waals surface area contributed by atoms with E-state index >= 15 is 0 Å². The number of benzene rings is 1. The highest BCUT2D eigenvalue weighted by Crippen LogP contribution is 2.34. The van der Waals surface area contributed by atoms with E-state index in [4.69, 9.17) is 0 Å². The second-order valence-electron chi connectivity index (χ2n) is 5.38. The number of carbonyl (C=O) groups is 1. The van der Waals surface area contributed by atoms with Gasteiger partial charge in [0, 0.05) is 10.0 Å². The van der Waals surface area contributed by atoms with Crippen LogP contribution in [-0.2, 0) is 0 Å². The van der Waals surface area contributed by atoms with E-state index in [9.17, 15) is 15.2 Å². The predicted molar refractivity (Wildman–Crippen MR) is 84.5 cm³/mol. The molecule has 0 radical (unpaired) electrons. The van der Waals surface area contributed by atoms with Crippen molar-refractivity contribution >= 4 is 21.9 Å². The molecule has 112 valence electrons. The number of halogens is 1. The van der Waals surface area contributed by atoms with Gasteiger partial charge in [-0.2, -0.15) is 10.4 Å². The largest absolute Gasteiger partial charge is 0.476 e. The molecule has 1 N–H and O–H groups in total. The normalized spacial score (nSPS) is 14.9. The quantitative estimate of drug-likeness (QED) is 0.897. The molecule has 0 unspecified atom stereocenters. The molecule has 2 aromatic rings. The van der Waals surface area contributed by atoms with E-state index in [1.54, 1.807) is 4.68 Å². The molecule has 6 heteroatoms. The van der Waals surface area contributed by atoms with Crippen molar-refractivity contribution in [2.75, 3.05) is 0 Å². The number of rotatable bonds is 3. The SMILES string of the molecule is N#Cc1c(-c2ccc(Br)cc2)nn(C2CCCC2)c1C(=O)O. The molecule has 0 spiro atoms. The summed E-state index contributed by atoms with van der Waals surface area (Å²) in [5.41, 5.74) is 1.34. The summed E-state index contributed by atoms with van der Waals surface area (Å²) in [5, 5.41) is 23.4. The minimum atomic E-state index is -1.10. The van der Waals surface area contributed by atoms with Gasteiger partial charge in [0.05, 0.1) is 6.04 Å². The van der Waals surface area contributed by atoms with Crippen LogP contribution in [0.3, 0.4) is 0 Å². The van der Waals surface area contributed by atoms with Crippen molar-refractivity contribution in [1.29, 1.82) is 5.26 Å². The van der Waals surface area contributed by atoms with E-state index in [1.807, 2.05) is 30.3 Å². The third-order valence-corrected chi connectivity index (χ3v) is 4.54. The van der Waals surface area contributed by atoms with Gasteiger partial charge in [0.2, 0.25) is 0 Å². The first-order valence-corrected chi connectivity index (χ1v) is 7.93. The van der Waals surface area contributed by atoms with Gasteiger partial charge in [-0.25, -0.2) is 4.79 Å². The van der Waals surface area contributed by atoms with E-state index in [0.29, 0.717) is 5.69 Å². The Kier molecular flexibility index (Phi) is 3.99. The zero-order valence-corrected chi connectivity index (χ0v) is 13.4. The van der Waals surface area contributed by atoms with Crippen LogP contribution in [-0.4, -0.2) is 20.9 Å². The Morgan fingerprint density at radius 1 is 1.32 bits per heavy atom. The number of aromatic carboxylic acids is 1. The number of aromatic nitrogens is 2. The topological polar surface area (TPSA) is 78.9 Å². The molecule has 1 aromatic heterocycles. The lowest BCUT2D eigenvalue weighted by molar-refractivity contribution is 0.0680. The second kappa shape index (κ2) is 5.93. The molecular weight excluding hydrogens is 346 g/mol. The molecule has 0 aliphatic heterocycles. The van der Waals surface area contributed by atoms with Gasteiger partial charge in [0.25, 0.3) is 0 Å². The number of hydrogen-bond donors (Lipinski definition) is 1. The summed E-state index contributed by atoms with van der Waals surface area (Å²) in [4.78, 5) is 11.6. The summed E-state index contributed by atoms with van der Waals surface area (Å²) >= 11 is 3.37. The van der Waals surface area contributed by atoms with Crippen LogP contribution in [0, 0.1) is 11.3 Å². The summed E-state index contributed by atoms with van der Waals surface area (Å²) in [6, 6.07) is 9.47. The van der Waals surface area contributed by atoms with Crippen molar-refractivity contribution in [1.82, 2.24) is 9.78 Å². The summed E-state index contributed by atoms with van der Waals surface area (Å²) in [5.74, 6) is -1.10. The standard InChI is InChI=1S/C16H14BrN3O2/c17-11-7-5-10(6-8-11)14-13(9-18)15(16(21)22)20(19-14)12-3-1-2-4-12/h5-8,12H,1-4H2,(H,21,22). The van der Waals surface area contributed by atoms with Crippen LogP contribution in [0.25, 0.3) is 11.3 Å². The maximum absolute atomic E-state index is 11.6. The molecule has 0 amide bonds. The number of carboxylic acids is 1. The molecule has 1 aliphatic rings. The Morgan fingerprint density at radius 2 is 1.95 bits per heavy atom. The average Bonchev–Trinajstić information content (AvgIpc) is 3.14. The zero-order chi connectivity index (χ0) is 15.7. The molecule has 5 nitrogen and oxygen atoms in total. The van der Waals surface area contributed by atoms with Gasteiger partial charge < -0.3 is 5.11 Å². The maximum Gasteiger partial charge on any atom is 0.355 e. The lowest BCUT2D eigenvalue weighted by atomic mass is 10.1. The smallest absolute Gasteiger partial charge is 0.355 e. The Hall–Kier alpha value is -2.13. The molecular formula is C16H14BrN3O2. The van der Waals surface area contributed by atoms with Crippen molar-refractivity contribution in [3.05, 3.63) is 40.0 Å². The Bertz CT molecular complexity index is 753. The monoisotopic (exact) mass is 359 g/mol. The van der Waals surface area contributed by atoms with Gasteiger partial charge >= 0.3 is 5.97 Å². The van der Waals surface area contributed by atoms with Crippen molar-refractivity contribution < 1.29 is 9.90 Å². The fourth-order valence-electron chi connectivity index (χ4n) is 2.97. The molecule has 1 saturated carbocycles. The van der Waals surface area contributed by atoms with Crippen LogP contribution in [0.5, 0.6) is 0 Å². The van der Waals surface area contributed by atoms with Crippen LogP contribution in [0.4, 0.5) is 0 Å². The number of carboxylic acid groups (broad SMARTS) is 1. The third-order valence-electron chi connectivity index (χ3n) is 4.01.